The number of amides is 2. The predicted octanol–water partition coefficient (Wildman–Crippen LogP) is 4.28. The molecule has 1 rings (SSSR count). The minimum atomic E-state index is -0.416. The van der Waals surface area contributed by atoms with Crippen LogP contribution in [0.3, 0.4) is 0 Å². The van der Waals surface area contributed by atoms with Crippen LogP contribution >= 0.6 is 44.1 Å². The largest absolute Gasteiger partial charge is 0.482 e. The molecule has 0 atom stereocenters. The van der Waals surface area contributed by atoms with E-state index in [9.17, 15) is 9.59 Å². The average Bonchev–Trinajstić information content (AvgIpc) is 2.58. The van der Waals surface area contributed by atoms with Crippen molar-refractivity contribution in [2.45, 2.75) is 52.4 Å². The zero-order valence-corrected chi connectivity index (χ0v) is 19.5. The van der Waals surface area contributed by atoms with E-state index in [0.717, 1.165) is 33.8 Å². The Hall–Kier alpha value is -1.19. The smallest absolute Gasteiger partial charge is 0.276 e. The molecule has 1 aromatic carbocycles. The summed E-state index contributed by atoms with van der Waals surface area (Å²) in [5, 5.41) is 2.60. The van der Waals surface area contributed by atoms with Gasteiger partial charge in [-0.3, -0.25) is 20.4 Å². The van der Waals surface area contributed by atoms with Gasteiger partial charge in [0.05, 0.1) is 4.47 Å². The summed E-state index contributed by atoms with van der Waals surface area (Å²) in [7, 11) is 0. The maximum Gasteiger partial charge on any atom is 0.276 e. The standard InChI is InChI=1S/C18H25Br2N3O3S/c1-3-4-5-6-7-8-15(24)21-18(27)23-22-16(25)11-26-17-12(2)9-13(19)10-14(17)20/h9-10H,3-8,11H2,1-2H3,(H,22,25)(H2,21,23,24,27). The topological polar surface area (TPSA) is 79.5 Å². The van der Waals surface area contributed by atoms with Gasteiger partial charge in [0.25, 0.3) is 5.91 Å². The number of nitrogens with one attached hydrogen (secondary N) is 3. The zero-order valence-electron chi connectivity index (χ0n) is 15.5. The van der Waals surface area contributed by atoms with Crippen molar-refractivity contribution >= 4 is 61.0 Å². The lowest BCUT2D eigenvalue weighted by atomic mass is 10.1. The van der Waals surface area contributed by atoms with Gasteiger partial charge in [-0.05, 0) is 59.2 Å². The number of ether oxygens (including phenoxy) is 1. The van der Waals surface area contributed by atoms with Crippen LogP contribution in [0.15, 0.2) is 21.1 Å². The third-order valence-corrected chi connectivity index (χ3v) is 4.87. The molecule has 27 heavy (non-hydrogen) atoms. The minimum absolute atomic E-state index is 0.0583. The van der Waals surface area contributed by atoms with Gasteiger partial charge >= 0.3 is 0 Å². The third kappa shape index (κ3) is 10.1. The van der Waals surface area contributed by atoms with Crippen LogP contribution in [0.1, 0.15) is 51.0 Å². The number of benzene rings is 1. The summed E-state index contributed by atoms with van der Waals surface area (Å²) in [5.41, 5.74) is 5.79. The minimum Gasteiger partial charge on any atom is -0.482 e. The lowest BCUT2D eigenvalue weighted by Gasteiger charge is -2.13. The maximum atomic E-state index is 11.9. The highest BCUT2D eigenvalue weighted by atomic mass is 79.9. The number of carbonyl (C=O) groups is 2. The molecule has 0 spiro atoms. The number of rotatable bonds is 9. The van der Waals surface area contributed by atoms with Gasteiger partial charge in [-0.1, -0.05) is 48.5 Å². The Labute approximate surface area is 182 Å². The van der Waals surface area contributed by atoms with Crippen LogP contribution in [-0.2, 0) is 9.59 Å². The molecular weight excluding hydrogens is 498 g/mol. The van der Waals surface area contributed by atoms with E-state index in [4.69, 9.17) is 17.0 Å². The molecule has 2 amide bonds. The quantitative estimate of drug-likeness (QED) is 0.256. The van der Waals surface area contributed by atoms with Crippen molar-refractivity contribution < 1.29 is 14.3 Å². The van der Waals surface area contributed by atoms with Crippen LogP contribution in [0.2, 0.25) is 0 Å². The fraction of sp³-hybridized carbons (Fsp3) is 0.500. The lowest BCUT2D eigenvalue weighted by Crippen LogP contribution is -2.49. The zero-order chi connectivity index (χ0) is 20.2. The van der Waals surface area contributed by atoms with Gasteiger partial charge in [-0.15, -0.1) is 0 Å². The first-order valence-corrected chi connectivity index (χ1v) is 10.8. The third-order valence-electron chi connectivity index (χ3n) is 3.62. The summed E-state index contributed by atoms with van der Waals surface area (Å²) >= 11 is 11.8. The first-order valence-electron chi connectivity index (χ1n) is 8.80. The number of aryl methyl sites for hydroxylation is 1. The molecule has 0 saturated carbocycles. The number of hydrogen-bond acceptors (Lipinski definition) is 4. The van der Waals surface area contributed by atoms with E-state index in [2.05, 4.69) is 55.0 Å². The SMILES string of the molecule is CCCCCCCC(=O)NC(=S)NNC(=O)COc1c(C)cc(Br)cc1Br. The van der Waals surface area contributed by atoms with Crippen LogP contribution in [0.4, 0.5) is 0 Å². The molecule has 0 unspecified atom stereocenters. The van der Waals surface area contributed by atoms with E-state index in [1.54, 1.807) is 0 Å². The molecular formula is C18H25Br2N3O3S. The van der Waals surface area contributed by atoms with Gasteiger partial charge in [-0.25, -0.2) is 0 Å². The fourth-order valence-electron chi connectivity index (χ4n) is 2.28. The highest BCUT2D eigenvalue weighted by Gasteiger charge is 2.10. The molecule has 0 aliphatic heterocycles. The predicted molar refractivity (Wildman–Crippen MR) is 117 cm³/mol. The summed E-state index contributed by atoms with van der Waals surface area (Å²) < 4.78 is 7.19. The van der Waals surface area contributed by atoms with Gasteiger partial charge in [0, 0.05) is 10.9 Å². The van der Waals surface area contributed by atoms with Crippen molar-refractivity contribution in [3.8, 4) is 5.75 Å². The normalized spacial score (nSPS) is 10.2. The van der Waals surface area contributed by atoms with Gasteiger partial charge in [0.1, 0.15) is 5.75 Å². The average molecular weight is 523 g/mol. The van der Waals surface area contributed by atoms with Crippen molar-refractivity contribution in [1.82, 2.24) is 16.2 Å². The van der Waals surface area contributed by atoms with E-state index < -0.39 is 5.91 Å². The molecule has 0 radical (unpaired) electrons. The summed E-state index contributed by atoms with van der Waals surface area (Å²) in [6, 6.07) is 3.73. The second-order valence-electron chi connectivity index (χ2n) is 6.04. The molecule has 1 aromatic rings. The van der Waals surface area contributed by atoms with Gasteiger partial charge in [0.15, 0.2) is 11.7 Å². The van der Waals surface area contributed by atoms with Gasteiger partial charge in [-0.2, -0.15) is 0 Å². The molecule has 0 aliphatic rings. The van der Waals surface area contributed by atoms with Crippen molar-refractivity contribution in [3.63, 3.8) is 0 Å². The summed E-state index contributed by atoms with van der Waals surface area (Å²) in [6.07, 6.45) is 5.76. The summed E-state index contributed by atoms with van der Waals surface area (Å²) in [4.78, 5) is 23.6. The first-order chi connectivity index (χ1) is 12.8. The highest BCUT2D eigenvalue weighted by molar-refractivity contribution is 9.11. The monoisotopic (exact) mass is 521 g/mol. The molecule has 6 nitrogen and oxygen atoms in total. The van der Waals surface area contributed by atoms with Crippen LogP contribution in [0, 0.1) is 6.92 Å². The number of carbonyl (C=O) groups excluding carboxylic acids is 2. The van der Waals surface area contributed by atoms with E-state index in [-0.39, 0.29) is 17.6 Å². The van der Waals surface area contributed by atoms with Crippen LogP contribution in [0.5, 0.6) is 5.75 Å². The molecule has 0 saturated heterocycles. The first kappa shape index (κ1) is 23.8. The van der Waals surface area contributed by atoms with Crippen LogP contribution in [-0.4, -0.2) is 23.5 Å². The Morgan fingerprint density at radius 2 is 1.78 bits per heavy atom. The van der Waals surface area contributed by atoms with Gasteiger partial charge in [0.2, 0.25) is 5.91 Å². The molecule has 0 fully saturated rings. The number of hydrogen-bond donors (Lipinski definition) is 3. The Morgan fingerprint density at radius 1 is 1.07 bits per heavy atom. The molecule has 0 bridgehead atoms. The lowest BCUT2D eigenvalue weighted by molar-refractivity contribution is -0.124. The second-order valence-corrected chi connectivity index (χ2v) is 8.22. The molecule has 0 aliphatic carbocycles. The van der Waals surface area contributed by atoms with Crippen molar-refractivity contribution in [2.75, 3.05) is 6.61 Å². The van der Waals surface area contributed by atoms with Gasteiger partial charge < -0.3 is 10.1 Å². The fourth-order valence-corrected chi connectivity index (χ4v) is 4.00. The molecule has 9 heteroatoms. The second kappa shape index (κ2) is 13.1. The number of unbranched alkanes of at least 4 members (excludes halogenated alkanes) is 4. The Morgan fingerprint density at radius 3 is 2.44 bits per heavy atom. The van der Waals surface area contributed by atoms with Crippen LogP contribution < -0.4 is 20.9 Å². The maximum absolute atomic E-state index is 11.9. The highest BCUT2D eigenvalue weighted by Crippen LogP contribution is 2.32. The molecule has 0 aromatic heterocycles. The Balaban J connectivity index is 2.26. The van der Waals surface area contributed by atoms with E-state index in [0.29, 0.717) is 12.2 Å². The molecule has 3 N–H and O–H groups in total. The molecule has 150 valence electrons. The summed E-state index contributed by atoms with van der Waals surface area (Å²) in [5.74, 6) is 0.0107. The molecule has 0 heterocycles. The summed E-state index contributed by atoms with van der Waals surface area (Å²) in [6.45, 7) is 3.84. The van der Waals surface area contributed by atoms with E-state index >= 15 is 0 Å². The van der Waals surface area contributed by atoms with Crippen molar-refractivity contribution in [3.05, 3.63) is 26.6 Å². The number of thiocarbonyl (C=S) groups is 1. The van der Waals surface area contributed by atoms with E-state index in [1.165, 1.54) is 12.8 Å². The Bertz CT molecular complexity index is 648. The Kier molecular flexibility index (Phi) is 11.5. The van der Waals surface area contributed by atoms with E-state index in [1.807, 2.05) is 19.1 Å². The van der Waals surface area contributed by atoms with Crippen molar-refractivity contribution in [2.24, 2.45) is 0 Å². The van der Waals surface area contributed by atoms with Crippen LogP contribution in [0.25, 0.3) is 0 Å². The number of halogens is 2. The van der Waals surface area contributed by atoms with Crippen molar-refractivity contribution in [1.29, 1.82) is 0 Å². The number of hydrazine groups is 1.